The number of nitrogen functional groups attached to an aromatic ring is 2. The first kappa shape index (κ1) is 9.22. The Hall–Kier alpha value is 0.130. The van der Waals surface area contributed by atoms with Crippen LogP contribution < -0.4 is 11.5 Å². The minimum absolute atomic E-state index is 0.433. The van der Waals surface area contributed by atoms with Crippen LogP contribution in [-0.2, 0) is 0 Å². The molecule has 4 N–H and O–H groups in total. The Morgan fingerprint density at radius 2 is 1.82 bits per heavy atom. The Balaban J connectivity index is 3.46. The molecule has 5 heteroatoms. The number of hydrogen-bond acceptors (Lipinski definition) is 2. The largest absolute Gasteiger partial charge is 0.397 e. The van der Waals surface area contributed by atoms with Crippen molar-refractivity contribution in [3.8, 4) is 0 Å². The van der Waals surface area contributed by atoms with Crippen molar-refractivity contribution in [2.45, 2.75) is 0 Å². The molecule has 0 aliphatic heterocycles. The molecule has 2 nitrogen and oxygen atoms in total. The molecule has 0 heterocycles. The lowest BCUT2D eigenvalue weighted by atomic mass is 10.3. The van der Waals surface area contributed by atoms with Gasteiger partial charge in [-0.1, -0.05) is 23.2 Å². The predicted molar refractivity (Wildman–Crippen MR) is 58.0 cm³/mol. The first-order chi connectivity index (χ1) is 5.04. The van der Waals surface area contributed by atoms with Crippen LogP contribution >= 0.6 is 45.8 Å². The van der Waals surface area contributed by atoms with E-state index in [-0.39, 0.29) is 0 Å². The molecule has 0 aromatic heterocycles. The number of hydrogen-bond donors (Lipinski definition) is 2. The van der Waals surface area contributed by atoms with E-state index in [1.54, 1.807) is 6.07 Å². The highest BCUT2D eigenvalue weighted by atomic mass is 127. The van der Waals surface area contributed by atoms with Gasteiger partial charge in [0.05, 0.1) is 25.0 Å². The van der Waals surface area contributed by atoms with Gasteiger partial charge < -0.3 is 11.5 Å². The molecule has 0 atom stereocenters. The third kappa shape index (κ3) is 1.65. The number of anilines is 2. The quantitative estimate of drug-likeness (QED) is 0.440. The van der Waals surface area contributed by atoms with Crippen molar-refractivity contribution in [3.63, 3.8) is 0 Å². The van der Waals surface area contributed by atoms with Crippen LogP contribution in [0.2, 0.25) is 10.0 Å². The second-order valence-corrected chi connectivity index (χ2v) is 3.85. The van der Waals surface area contributed by atoms with Crippen LogP contribution in [0.25, 0.3) is 0 Å². The number of halogens is 3. The standard InChI is InChI=1S/C6H5Cl2IN2/c7-2-1-3(10)6(11)5(9)4(2)8/h1H,10-11H2. The summed E-state index contributed by atoms with van der Waals surface area (Å²) >= 11 is 13.5. The molecule has 0 amide bonds. The fourth-order valence-corrected chi connectivity index (χ4v) is 1.76. The molecule has 0 spiro atoms. The summed E-state index contributed by atoms with van der Waals surface area (Å²) in [5.74, 6) is 0. The molecule has 0 radical (unpaired) electrons. The maximum atomic E-state index is 5.78. The van der Waals surface area contributed by atoms with E-state index in [4.69, 9.17) is 34.7 Å². The molecule has 0 saturated carbocycles. The van der Waals surface area contributed by atoms with Crippen LogP contribution in [0.4, 0.5) is 11.4 Å². The molecular formula is C6H5Cl2IN2. The maximum Gasteiger partial charge on any atom is 0.0748 e. The Labute approximate surface area is 88.0 Å². The van der Waals surface area contributed by atoms with Crippen molar-refractivity contribution >= 4 is 57.2 Å². The van der Waals surface area contributed by atoms with Crippen LogP contribution in [0.15, 0.2) is 6.07 Å². The molecule has 0 saturated heterocycles. The highest BCUT2D eigenvalue weighted by Gasteiger charge is 2.08. The zero-order valence-corrected chi connectivity index (χ0v) is 9.04. The van der Waals surface area contributed by atoms with E-state index in [1.165, 1.54) is 0 Å². The number of rotatable bonds is 0. The van der Waals surface area contributed by atoms with Crippen LogP contribution in [0.3, 0.4) is 0 Å². The summed E-state index contributed by atoms with van der Waals surface area (Å²) in [5.41, 5.74) is 12.0. The van der Waals surface area contributed by atoms with E-state index >= 15 is 0 Å². The van der Waals surface area contributed by atoms with E-state index in [1.807, 2.05) is 22.6 Å². The average molecular weight is 303 g/mol. The Bertz CT molecular complexity index is 275. The van der Waals surface area contributed by atoms with Gasteiger partial charge in [0.25, 0.3) is 0 Å². The van der Waals surface area contributed by atoms with Crippen LogP contribution in [-0.4, -0.2) is 0 Å². The summed E-state index contributed by atoms with van der Waals surface area (Å²) in [6.07, 6.45) is 0. The summed E-state index contributed by atoms with van der Waals surface area (Å²) in [7, 11) is 0. The molecular weight excluding hydrogens is 298 g/mol. The SMILES string of the molecule is Nc1cc(Cl)c(Cl)c(I)c1N. The lowest BCUT2D eigenvalue weighted by Gasteiger charge is -2.05. The minimum Gasteiger partial charge on any atom is -0.397 e. The predicted octanol–water partition coefficient (Wildman–Crippen LogP) is 2.76. The molecule has 0 fully saturated rings. The van der Waals surface area contributed by atoms with Gasteiger partial charge in [-0.3, -0.25) is 0 Å². The van der Waals surface area contributed by atoms with Crippen molar-refractivity contribution in [1.29, 1.82) is 0 Å². The summed E-state index contributed by atoms with van der Waals surface area (Å²) in [6.45, 7) is 0. The molecule has 1 aromatic carbocycles. The number of benzene rings is 1. The van der Waals surface area contributed by atoms with E-state index in [0.717, 1.165) is 0 Å². The molecule has 0 bridgehead atoms. The molecule has 0 aliphatic rings. The first-order valence-electron chi connectivity index (χ1n) is 2.72. The second kappa shape index (κ2) is 3.25. The van der Waals surface area contributed by atoms with Crippen molar-refractivity contribution in [1.82, 2.24) is 0 Å². The van der Waals surface area contributed by atoms with E-state index < -0.39 is 0 Å². The average Bonchev–Trinajstić information content (AvgIpc) is 1.97. The first-order valence-corrected chi connectivity index (χ1v) is 4.56. The molecule has 60 valence electrons. The van der Waals surface area contributed by atoms with Crippen molar-refractivity contribution in [2.24, 2.45) is 0 Å². The van der Waals surface area contributed by atoms with Gasteiger partial charge >= 0.3 is 0 Å². The van der Waals surface area contributed by atoms with Gasteiger partial charge in [-0.15, -0.1) is 0 Å². The third-order valence-electron chi connectivity index (χ3n) is 1.23. The van der Waals surface area contributed by atoms with Crippen LogP contribution in [0, 0.1) is 3.57 Å². The van der Waals surface area contributed by atoms with Crippen LogP contribution in [0.1, 0.15) is 0 Å². The van der Waals surface area contributed by atoms with Crippen molar-refractivity contribution in [2.75, 3.05) is 11.5 Å². The van der Waals surface area contributed by atoms with E-state index in [9.17, 15) is 0 Å². The second-order valence-electron chi connectivity index (χ2n) is 1.99. The Kier molecular flexibility index (Phi) is 2.72. The monoisotopic (exact) mass is 302 g/mol. The van der Waals surface area contributed by atoms with Gasteiger partial charge in [0.1, 0.15) is 0 Å². The van der Waals surface area contributed by atoms with Crippen LogP contribution in [0.5, 0.6) is 0 Å². The zero-order valence-electron chi connectivity index (χ0n) is 5.37. The molecule has 0 unspecified atom stereocenters. The summed E-state index contributed by atoms with van der Waals surface area (Å²) in [6, 6.07) is 1.54. The molecule has 11 heavy (non-hydrogen) atoms. The fraction of sp³-hybridized carbons (Fsp3) is 0. The summed E-state index contributed by atoms with van der Waals surface area (Å²) in [4.78, 5) is 0. The lowest BCUT2D eigenvalue weighted by Crippen LogP contribution is -1.97. The van der Waals surface area contributed by atoms with Gasteiger partial charge in [-0.25, -0.2) is 0 Å². The smallest absolute Gasteiger partial charge is 0.0748 e. The van der Waals surface area contributed by atoms with Gasteiger partial charge in [-0.2, -0.15) is 0 Å². The topological polar surface area (TPSA) is 52.0 Å². The Morgan fingerprint density at radius 3 is 2.36 bits per heavy atom. The summed E-state index contributed by atoms with van der Waals surface area (Å²) in [5, 5.41) is 0.890. The van der Waals surface area contributed by atoms with Crippen molar-refractivity contribution in [3.05, 3.63) is 19.7 Å². The molecule has 0 aliphatic carbocycles. The van der Waals surface area contributed by atoms with E-state index in [0.29, 0.717) is 25.0 Å². The zero-order chi connectivity index (χ0) is 8.59. The highest BCUT2D eigenvalue weighted by Crippen LogP contribution is 2.35. The summed E-state index contributed by atoms with van der Waals surface area (Å²) < 4.78 is 0.703. The minimum atomic E-state index is 0.433. The highest BCUT2D eigenvalue weighted by molar-refractivity contribution is 14.1. The third-order valence-corrected chi connectivity index (χ3v) is 3.46. The van der Waals surface area contributed by atoms with Gasteiger partial charge in [0, 0.05) is 0 Å². The van der Waals surface area contributed by atoms with Gasteiger partial charge in [0.2, 0.25) is 0 Å². The molecule has 1 aromatic rings. The maximum absolute atomic E-state index is 5.78. The fourth-order valence-electron chi connectivity index (χ4n) is 0.627. The Morgan fingerprint density at radius 1 is 1.27 bits per heavy atom. The van der Waals surface area contributed by atoms with E-state index in [2.05, 4.69) is 0 Å². The van der Waals surface area contributed by atoms with Gasteiger partial charge in [-0.05, 0) is 28.7 Å². The van der Waals surface area contributed by atoms with Crippen molar-refractivity contribution < 1.29 is 0 Å². The number of nitrogens with two attached hydrogens (primary N) is 2. The van der Waals surface area contributed by atoms with Gasteiger partial charge in [0.15, 0.2) is 0 Å². The lowest BCUT2D eigenvalue weighted by molar-refractivity contribution is 1.61. The molecule has 1 rings (SSSR count). The normalized spacial score (nSPS) is 10.1.